The van der Waals surface area contributed by atoms with E-state index in [9.17, 15) is 27.6 Å². The van der Waals surface area contributed by atoms with E-state index in [0.29, 0.717) is 43.9 Å². The number of carbonyl (C=O) groups is 3. The van der Waals surface area contributed by atoms with Gasteiger partial charge in [-0.1, -0.05) is 18.2 Å². The molecule has 8 nitrogen and oxygen atoms in total. The Morgan fingerprint density at radius 3 is 2.38 bits per heavy atom. The lowest BCUT2D eigenvalue weighted by atomic mass is 9.98. The molecule has 34 heavy (non-hydrogen) atoms. The van der Waals surface area contributed by atoms with Crippen LogP contribution in [0.5, 0.6) is 5.75 Å². The van der Waals surface area contributed by atoms with E-state index in [4.69, 9.17) is 4.74 Å². The van der Waals surface area contributed by atoms with Crippen LogP contribution in [0.1, 0.15) is 15.9 Å². The Morgan fingerprint density at radius 1 is 1.03 bits per heavy atom. The monoisotopic (exact) mass is 477 g/mol. The average molecular weight is 477 g/mol. The van der Waals surface area contributed by atoms with Gasteiger partial charge in [0.1, 0.15) is 5.75 Å². The molecule has 1 saturated heterocycles. The summed E-state index contributed by atoms with van der Waals surface area (Å²) in [5, 5.41) is 2.62. The fraction of sp³-hybridized carbons (Fsp3) is 0.348. The number of piperazine rings is 1. The van der Waals surface area contributed by atoms with E-state index in [1.165, 1.54) is 12.1 Å². The third kappa shape index (κ3) is 5.84. The first kappa shape index (κ1) is 23.6. The maximum absolute atomic E-state index is 12.9. The number of nitrogens with one attached hydrogen (secondary N) is 1. The van der Waals surface area contributed by atoms with Crippen molar-refractivity contribution in [2.45, 2.75) is 18.9 Å². The largest absolute Gasteiger partial charge is 0.573 e. The molecule has 0 radical (unpaired) electrons. The number of cyclic esters (lactones) is 1. The van der Waals surface area contributed by atoms with Crippen LogP contribution in [-0.4, -0.2) is 72.8 Å². The van der Waals surface area contributed by atoms with Gasteiger partial charge in [0.2, 0.25) is 5.91 Å². The lowest BCUT2D eigenvalue weighted by Crippen LogP contribution is -2.54. The van der Waals surface area contributed by atoms with Gasteiger partial charge >= 0.3 is 12.3 Å². The molecule has 2 aliphatic heterocycles. The molecule has 1 fully saturated rings. The highest BCUT2D eigenvalue weighted by atomic mass is 19.4. The number of fused-ring (bicyclic) bond motifs is 1. The smallest absolute Gasteiger partial charge is 0.448 e. The summed E-state index contributed by atoms with van der Waals surface area (Å²) in [7, 11) is 0. The zero-order valence-corrected chi connectivity index (χ0v) is 18.0. The zero-order chi connectivity index (χ0) is 24.3. The second kappa shape index (κ2) is 9.72. The molecule has 2 heterocycles. The van der Waals surface area contributed by atoms with E-state index in [-0.39, 0.29) is 24.1 Å². The fourth-order valence-corrected chi connectivity index (χ4v) is 3.94. The zero-order valence-electron chi connectivity index (χ0n) is 18.0. The van der Waals surface area contributed by atoms with E-state index in [1.54, 1.807) is 17.0 Å². The van der Waals surface area contributed by atoms with Crippen molar-refractivity contribution in [3.05, 3.63) is 59.7 Å². The second-order valence-corrected chi connectivity index (χ2v) is 7.98. The van der Waals surface area contributed by atoms with Crippen LogP contribution in [0.2, 0.25) is 0 Å². The van der Waals surface area contributed by atoms with Crippen LogP contribution in [0.4, 0.5) is 18.9 Å². The minimum Gasteiger partial charge on any atom is -0.448 e. The number of anilines is 1. The first-order chi connectivity index (χ1) is 16.2. The molecule has 0 saturated carbocycles. The number of alkyl halides is 3. The Bertz CT molecular complexity index is 1070. The number of ether oxygens (including phenoxy) is 2. The highest BCUT2D eigenvalue weighted by Gasteiger charge is 2.35. The van der Waals surface area contributed by atoms with E-state index >= 15 is 0 Å². The van der Waals surface area contributed by atoms with Crippen molar-refractivity contribution in [2.24, 2.45) is 0 Å². The van der Waals surface area contributed by atoms with Gasteiger partial charge in [-0.25, -0.2) is 4.79 Å². The van der Waals surface area contributed by atoms with Gasteiger partial charge in [0, 0.05) is 38.3 Å². The molecule has 0 bridgehead atoms. The van der Waals surface area contributed by atoms with E-state index in [1.807, 2.05) is 17.0 Å². The summed E-state index contributed by atoms with van der Waals surface area (Å²) < 4.78 is 45.8. The summed E-state index contributed by atoms with van der Waals surface area (Å²) in [4.78, 5) is 40.8. The Hall–Kier alpha value is -3.60. The Morgan fingerprint density at radius 2 is 1.71 bits per heavy atom. The highest BCUT2D eigenvalue weighted by Crippen LogP contribution is 2.24. The predicted molar refractivity (Wildman–Crippen MR) is 114 cm³/mol. The number of esters is 1. The SMILES string of the molecule is O=C(CN1CCN(C(=O)C2Cc3ccccc3C(=O)O2)CC1)Nc1ccc(OC(F)(F)F)cc1. The number of halogens is 3. The summed E-state index contributed by atoms with van der Waals surface area (Å²) in [5.74, 6) is -1.47. The summed E-state index contributed by atoms with van der Waals surface area (Å²) in [6.45, 7) is 1.73. The van der Waals surface area contributed by atoms with Crippen LogP contribution < -0.4 is 10.1 Å². The summed E-state index contributed by atoms with van der Waals surface area (Å²) >= 11 is 0. The molecular weight excluding hydrogens is 455 g/mol. The molecule has 2 amide bonds. The van der Waals surface area contributed by atoms with Gasteiger partial charge in [0.15, 0.2) is 6.10 Å². The number of hydrogen-bond acceptors (Lipinski definition) is 6. The molecule has 2 aliphatic rings. The molecule has 0 aliphatic carbocycles. The number of nitrogens with zero attached hydrogens (tertiary/aromatic N) is 2. The minimum absolute atomic E-state index is 0.0641. The number of hydrogen-bond donors (Lipinski definition) is 1. The van der Waals surface area contributed by atoms with Crippen LogP contribution in [0.25, 0.3) is 0 Å². The summed E-state index contributed by atoms with van der Waals surface area (Å²) in [6.07, 6.45) is -5.31. The quantitative estimate of drug-likeness (QED) is 0.666. The Kier molecular flexibility index (Phi) is 6.73. The maximum Gasteiger partial charge on any atom is 0.573 e. The molecule has 2 aromatic carbocycles. The van der Waals surface area contributed by atoms with Gasteiger partial charge in [-0.05, 0) is 35.9 Å². The highest BCUT2D eigenvalue weighted by molar-refractivity contribution is 5.96. The predicted octanol–water partition coefficient (Wildman–Crippen LogP) is 2.45. The molecule has 1 unspecified atom stereocenters. The third-order valence-corrected chi connectivity index (χ3v) is 5.59. The lowest BCUT2D eigenvalue weighted by molar-refractivity contribution is -0.274. The fourth-order valence-electron chi connectivity index (χ4n) is 3.94. The van der Waals surface area contributed by atoms with Crippen molar-refractivity contribution in [3.8, 4) is 5.75 Å². The van der Waals surface area contributed by atoms with Gasteiger partial charge < -0.3 is 19.7 Å². The molecule has 180 valence electrons. The van der Waals surface area contributed by atoms with Crippen molar-refractivity contribution in [1.29, 1.82) is 0 Å². The molecule has 2 aromatic rings. The molecule has 4 rings (SSSR count). The number of amides is 2. The third-order valence-electron chi connectivity index (χ3n) is 5.59. The average Bonchev–Trinajstić information content (AvgIpc) is 2.79. The van der Waals surface area contributed by atoms with Crippen molar-refractivity contribution >= 4 is 23.5 Å². The number of benzene rings is 2. The topological polar surface area (TPSA) is 88.2 Å². The van der Waals surface area contributed by atoms with Crippen molar-refractivity contribution in [2.75, 3.05) is 38.0 Å². The van der Waals surface area contributed by atoms with E-state index in [2.05, 4.69) is 10.1 Å². The van der Waals surface area contributed by atoms with Crippen molar-refractivity contribution in [3.63, 3.8) is 0 Å². The number of carbonyl (C=O) groups excluding carboxylic acids is 3. The first-order valence-electron chi connectivity index (χ1n) is 10.6. The van der Waals surface area contributed by atoms with Gasteiger partial charge in [-0.2, -0.15) is 0 Å². The molecular formula is C23H22F3N3O5. The van der Waals surface area contributed by atoms with Gasteiger partial charge in [-0.15, -0.1) is 13.2 Å². The molecule has 0 spiro atoms. The maximum atomic E-state index is 12.9. The van der Waals surface area contributed by atoms with Crippen molar-refractivity contribution < 1.29 is 37.0 Å². The Labute approximate surface area is 193 Å². The second-order valence-electron chi connectivity index (χ2n) is 7.98. The van der Waals surface area contributed by atoms with Gasteiger partial charge in [0.05, 0.1) is 12.1 Å². The molecule has 0 aromatic heterocycles. The van der Waals surface area contributed by atoms with Crippen LogP contribution in [0.15, 0.2) is 48.5 Å². The first-order valence-corrected chi connectivity index (χ1v) is 10.6. The van der Waals surface area contributed by atoms with Crippen molar-refractivity contribution in [1.82, 2.24) is 9.80 Å². The van der Waals surface area contributed by atoms with E-state index < -0.39 is 18.4 Å². The molecule has 1 N–H and O–H groups in total. The minimum atomic E-state index is -4.78. The summed E-state index contributed by atoms with van der Waals surface area (Å²) in [5.41, 5.74) is 1.60. The van der Waals surface area contributed by atoms with Crippen LogP contribution in [0, 0.1) is 0 Å². The van der Waals surface area contributed by atoms with Crippen LogP contribution in [0.3, 0.4) is 0 Å². The van der Waals surface area contributed by atoms with Crippen LogP contribution >= 0.6 is 0 Å². The lowest BCUT2D eigenvalue weighted by Gasteiger charge is -2.36. The Balaban J connectivity index is 1.24. The standard InChI is InChI=1S/C23H22F3N3O5/c24-23(25,26)34-17-7-5-16(6-8-17)27-20(30)14-28-9-11-29(12-10-28)21(31)19-13-15-3-1-2-4-18(15)22(32)33-19/h1-8,19H,9-14H2,(H,27,30). The van der Waals surface area contributed by atoms with Crippen LogP contribution in [-0.2, 0) is 20.7 Å². The number of rotatable bonds is 5. The molecule has 11 heteroatoms. The van der Waals surface area contributed by atoms with E-state index in [0.717, 1.165) is 17.7 Å². The van der Waals surface area contributed by atoms with Gasteiger partial charge in [0.25, 0.3) is 5.91 Å². The molecule has 1 atom stereocenters. The van der Waals surface area contributed by atoms with Gasteiger partial charge in [-0.3, -0.25) is 14.5 Å². The normalized spacial score (nSPS) is 18.6. The summed E-state index contributed by atoms with van der Waals surface area (Å²) in [6, 6.07) is 11.9.